The van der Waals surface area contributed by atoms with E-state index in [9.17, 15) is 18.3 Å². The lowest BCUT2D eigenvalue weighted by atomic mass is 10.0. The van der Waals surface area contributed by atoms with Gasteiger partial charge in [-0.3, -0.25) is 0 Å². The Kier molecular flexibility index (Phi) is 7.30. The molecule has 162 valence electrons. The SMILES string of the molecule is COC(O)N1CCCCC1N=Nc1ccc(-c2ccccc2OC(F)(F)F)c(Cl)c1. The molecule has 0 bridgehead atoms. The van der Waals surface area contributed by atoms with E-state index in [2.05, 4.69) is 15.0 Å². The molecular weight excluding hydrogens is 423 g/mol. The summed E-state index contributed by atoms with van der Waals surface area (Å²) in [6.07, 6.45) is -3.62. The van der Waals surface area contributed by atoms with Crippen LogP contribution in [0.25, 0.3) is 11.1 Å². The first-order chi connectivity index (χ1) is 14.3. The largest absolute Gasteiger partial charge is 0.573 e. The van der Waals surface area contributed by atoms with Gasteiger partial charge in [0.25, 0.3) is 0 Å². The number of nitrogens with zero attached hydrogens (tertiary/aromatic N) is 3. The number of para-hydroxylation sites is 1. The number of aliphatic hydroxyl groups excluding tert-OH is 1. The van der Waals surface area contributed by atoms with Gasteiger partial charge in [0.15, 0.2) is 0 Å². The zero-order valence-corrected chi connectivity index (χ0v) is 16.9. The van der Waals surface area contributed by atoms with Crippen LogP contribution < -0.4 is 4.74 Å². The molecule has 0 spiro atoms. The number of benzene rings is 2. The third-order valence-electron chi connectivity index (χ3n) is 4.67. The van der Waals surface area contributed by atoms with Crippen LogP contribution in [0, 0.1) is 0 Å². The van der Waals surface area contributed by atoms with E-state index < -0.39 is 12.8 Å². The number of hydrogen-bond acceptors (Lipinski definition) is 6. The number of hydrogen-bond donors (Lipinski definition) is 1. The Morgan fingerprint density at radius 3 is 2.63 bits per heavy atom. The van der Waals surface area contributed by atoms with Gasteiger partial charge >= 0.3 is 6.36 Å². The molecule has 10 heteroatoms. The summed E-state index contributed by atoms with van der Waals surface area (Å²) in [5, 5.41) is 18.7. The van der Waals surface area contributed by atoms with Crippen molar-refractivity contribution in [3.05, 3.63) is 47.5 Å². The second-order valence-electron chi connectivity index (χ2n) is 6.70. The highest BCUT2D eigenvalue weighted by molar-refractivity contribution is 6.33. The van der Waals surface area contributed by atoms with E-state index in [0.29, 0.717) is 17.8 Å². The molecule has 2 atom stereocenters. The van der Waals surface area contributed by atoms with Gasteiger partial charge < -0.3 is 14.6 Å². The maximum atomic E-state index is 12.7. The van der Waals surface area contributed by atoms with E-state index in [4.69, 9.17) is 16.3 Å². The van der Waals surface area contributed by atoms with Crippen LogP contribution in [0.3, 0.4) is 0 Å². The predicted octanol–water partition coefficient (Wildman–Crippen LogP) is 5.72. The van der Waals surface area contributed by atoms with Crippen molar-refractivity contribution in [2.24, 2.45) is 10.2 Å². The van der Waals surface area contributed by atoms with Crippen molar-refractivity contribution in [2.45, 2.75) is 38.2 Å². The minimum absolute atomic E-state index is 0.210. The topological polar surface area (TPSA) is 66.7 Å². The molecule has 1 saturated heterocycles. The second-order valence-corrected chi connectivity index (χ2v) is 7.11. The molecule has 1 N–H and O–H groups in total. The van der Waals surface area contributed by atoms with Crippen LogP contribution >= 0.6 is 11.6 Å². The lowest BCUT2D eigenvalue weighted by Gasteiger charge is -2.34. The molecule has 0 radical (unpaired) electrons. The highest BCUT2D eigenvalue weighted by Gasteiger charge is 2.32. The number of piperidine rings is 1. The van der Waals surface area contributed by atoms with E-state index in [0.717, 1.165) is 19.3 Å². The van der Waals surface area contributed by atoms with Crippen LogP contribution in [-0.4, -0.2) is 42.6 Å². The molecule has 1 fully saturated rings. The Morgan fingerprint density at radius 1 is 1.17 bits per heavy atom. The lowest BCUT2D eigenvalue weighted by Crippen LogP contribution is -2.46. The van der Waals surface area contributed by atoms with Crippen molar-refractivity contribution < 1.29 is 27.8 Å². The van der Waals surface area contributed by atoms with E-state index >= 15 is 0 Å². The van der Waals surface area contributed by atoms with Crippen molar-refractivity contribution in [1.82, 2.24) is 4.90 Å². The highest BCUT2D eigenvalue weighted by atomic mass is 35.5. The standard InChI is InChI=1S/C20H21ClF3N3O3/c1-29-19(28)27-11-5-4-8-18(27)26-25-13-9-10-14(16(21)12-13)15-6-2-3-7-17(15)30-20(22,23)24/h2-3,6-7,9-10,12,18-19,28H,4-5,8,11H2,1H3. The maximum Gasteiger partial charge on any atom is 0.573 e. The Labute approximate surface area is 176 Å². The summed E-state index contributed by atoms with van der Waals surface area (Å²) in [7, 11) is 1.41. The normalized spacial score (nSPS) is 19.2. The van der Waals surface area contributed by atoms with Crippen molar-refractivity contribution in [3.8, 4) is 16.9 Å². The molecule has 1 aliphatic heterocycles. The molecule has 1 heterocycles. The monoisotopic (exact) mass is 443 g/mol. The van der Waals surface area contributed by atoms with Crippen LogP contribution in [-0.2, 0) is 4.74 Å². The molecule has 0 aliphatic carbocycles. The van der Waals surface area contributed by atoms with Crippen LogP contribution in [0.2, 0.25) is 5.02 Å². The molecule has 2 aromatic rings. The fourth-order valence-corrected chi connectivity index (χ4v) is 3.55. The van der Waals surface area contributed by atoms with Gasteiger partial charge in [0, 0.05) is 24.8 Å². The van der Waals surface area contributed by atoms with Gasteiger partial charge in [0.1, 0.15) is 11.9 Å². The number of likely N-dealkylation sites (tertiary alicyclic amines) is 1. The van der Waals surface area contributed by atoms with Gasteiger partial charge in [-0.05, 0) is 37.5 Å². The number of rotatable bonds is 6. The van der Waals surface area contributed by atoms with Gasteiger partial charge in [-0.25, -0.2) is 4.90 Å². The smallest absolute Gasteiger partial charge is 0.405 e. The molecule has 0 amide bonds. The maximum absolute atomic E-state index is 12.7. The first-order valence-electron chi connectivity index (χ1n) is 9.30. The molecule has 0 aromatic heterocycles. The van der Waals surface area contributed by atoms with Crippen LogP contribution in [0.4, 0.5) is 18.9 Å². The summed E-state index contributed by atoms with van der Waals surface area (Å²) in [5.74, 6) is -0.340. The molecule has 6 nitrogen and oxygen atoms in total. The first kappa shape index (κ1) is 22.5. The van der Waals surface area contributed by atoms with Crippen molar-refractivity contribution in [3.63, 3.8) is 0 Å². The Hall–Kier alpha value is -2.20. The van der Waals surface area contributed by atoms with Gasteiger partial charge in [-0.2, -0.15) is 10.2 Å². The molecular formula is C20H21ClF3N3O3. The summed E-state index contributed by atoms with van der Waals surface area (Å²) >= 11 is 6.32. The van der Waals surface area contributed by atoms with E-state index in [1.54, 1.807) is 23.1 Å². The van der Waals surface area contributed by atoms with E-state index in [1.807, 2.05) is 0 Å². The number of halogens is 4. The second kappa shape index (κ2) is 9.74. The quantitative estimate of drug-likeness (QED) is 0.457. The third kappa shape index (κ3) is 5.69. The summed E-state index contributed by atoms with van der Waals surface area (Å²) in [4.78, 5) is 1.70. The van der Waals surface area contributed by atoms with E-state index in [1.165, 1.54) is 31.4 Å². The average Bonchev–Trinajstić information content (AvgIpc) is 2.71. The molecule has 2 aromatic carbocycles. The Bertz CT molecular complexity index is 895. The number of ether oxygens (including phenoxy) is 2. The van der Waals surface area contributed by atoms with E-state index in [-0.39, 0.29) is 22.5 Å². The Morgan fingerprint density at radius 2 is 1.93 bits per heavy atom. The number of methoxy groups -OCH3 is 1. The highest BCUT2D eigenvalue weighted by Crippen LogP contribution is 2.38. The van der Waals surface area contributed by atoms with Crippen molar-refractivity contribution in [1.29, 1.82) is 0 Å². The minimum atomic E-state index is -4.81. The van der Waals surface area contributed by atoms with Gasteiger partial charge in [0.2, 0.25) is 6.41 Å². The molecule has 3 rings (SSSR count). The van der Waals surface area contributed by atoms with Crippen LogP contribution in [0.15, 0.2) is 52.7 Å². The molecule has 1 aliphatic rings. The number of azo groups is 1. The summed E-state index contributed by atoms with van der Waals surface area (Å²) < 4.78 is 47.1. The van der Waals surface area contributed by atoms with Crippen molar-refractivity contribution >= 4 is 17.3 Å². The predicted molar refractivity (Wildman–Crippen MR) is 105 cm³/mol. The Balaban J connectivity index is 1.82. The van der Waals surface area contributed by atoms with Gasteiger partial charge in [-0.1, -0.05) is 35.9 Å². The first-order valence-corrected chi connectivity index (χ1v) is 9.68. The van der Waals surface area contributed by atoms with Gasteiger partial charge in [-0.15, -0.1) is 13.2 Å². The summed E-state index contributed by atoms with van der Waals surface area (Å²) in [5.41, 5.74) is 1.03. The molecule has 30 heavy (non-hydrogen) atoms. The van der Waals surface area contributed by atoms with Crippen LogP contribution in [0.1, 0.15) is 19.3 Å². The average molecular weight is 444 g/mol. The summed E-state index contributed by atoms with van der Waals surface area (Å²) in [6.45, 7) is 0.633. The van der Waals surface area contributed by atoms with Crippen LogP contribution in [0.5, 0.6) is 5.75 Å². The fourth-order valence-electron chi connectivity index (χ4n) is 3.27. The van der Waals surface area contributed by atoms with Crippen molar-refractivity contribution in [2.75, 3.05) is 13.7 Å². The van der Waals surface area contributed by atoms with Gasteiger partial charge in [0.05, 0.1) is 10.7 Å². The number of aliphatic hydroxyl groups is 1. The minimum Gasteiger partial charge on any atom is -0.405 e. The zero-order chi connectivity index (χ0) is 21.7. The lowest BCUT2D eigenvalue weighted by molar-refractivity contribution is -0.274. The summed E-state index contributed by atoms with van der Waals surface area (Å²) in [6, 6.07) is 10.5. The fraction of sp³-hybridized carbons (Fsp3) is 0.400. The molecule has 2 unspecified atom stereocenters. The zero-order valence-electron chi connectivity index (χ0n) is 16.1. The third-order valence-corrected chi connectivity index (χ3v) is 4.98. The number of alkyl halides is 3. The molecule has 0 saturated carbocycles.